The molecule has 3 aliphatic rings. The predicted molar refractivity (Wildman–Crippen MR) is 135 cm³/mol. The van der Waals surface area contributed by atoms with Crippen LogP contribution in [0.5, 0.6) is 0 Å². The SMILES string of the molecule is COC(=O)[C@]1(C)O[C@H]2O[C@H](CO)[C@@H](O[C@@H]3O[C@H](COC(C)=O)[C@H](OC(C)=O)[C@H](OC(C)=O)[C@H]3OC(C)=O)[C@H](OC(C)=O)[C@H]2O1. The molecule has 11 atom stereocenters. The molecule has 1 N–H and O–H groups in total. The van der Waals surface area contributed by atoms with Gasteiger partial charge in [-0.1, -0.05) is 0 Å². The van der Waals surface area contributed by atoms with Crippen molar-refractivity contribution < 1.29 is 86.0 Å². The van der Waals surface area contributed by atoms with E-state index in [2.05, 4.69) is 0 Å². The molecule has 3 aliphatic heterocycles. The van der Waals surface area contributed by atoms with Crippen LogP contribution in [0.25, 0.3) is 0 Å². The van der Waals surface area contributed by atoms with Gasteiger partial charge in [0.25, 0.3) is 5.79 Å². The zero-order valence-corrected chi connectivity index (χ0v) is 25.1. The number of carbonyl (C=O) groups is 6. The first-order valence-corrected chi connectivity index (χ1v) is 13.4. The van der Waals surface area contributed by atoms with Crippen LogP contribution in [0.4, 0.5) is 0 Å². The minimum absolute atomic E-state index is 0.533. The van der Waals surface area contributed by atoms with E-state index in [4.69, 9.17) is 52.1 Å². The third kappa shape index (κ3) is 8.19. The van der Waals surface area contributed by atoms with Gasteiger partial charge in [-0.2, -0.15) is 0 Å². The summed E-state index contributed by atoms with van der Waals surface area (Å²) in [5, 5.41) is 10.2. The van der Waals surface area contributed by atoms with E-state index >= 15 is 0 Å². The molecule has 0 aromatic carbocycles. The molecule has 0 unspecified atom stereocenters. The van der Waals surface area contributed by atoms with Crippen LogP contribution in [0.3, 0.4) is 0 Å². The number of rotatable bonds is 10. The first kappa shape index (κ1) is 35.1. The number of aliphatic hydroxyl groups is 1. The lowest BCUT2D eigenvalue weighted by Gasteiger charge is -2.47. The van der Waals surface area contributed by atoms with Gasteiger partial charge in [-0.15, -0.1) is 0 Å². The summed E-state index contributed by atoms with van der Waals surface area (Å²) in [4.78, 5) is 72.5. The largest absolute Gasteiger partial charge is 0.465 e. The van der Waals surface area contributed by atoms with Crippen LogP contribution in [0, 0.1) is 0 Å². The maximum atomic E-state index is 12.4. The molecule has 3 rings (SSSR count). The highest BCUT2D eigenvalue weighted by atomic mass is 16.9. The van der Waals surface area contributed by atoms with Gasteiger partial charge in [0.05, 0.1) is 13.7 Å². The molecule has 0 aliphatic carbocycles. The van der Waals surface area contributed by atoms with E-state index in [1.54, 1.807) is 0 Å². The standard InChI is InChI=1S/C26H36O18/c1-10(28)35-9-16-18(36-11(2)29)19(37-12(3)30)21(39-14(5)32)23(41-16)42-17-15(8-27)40-24-22(20(17)38-13(4)31)43-26(6,44-24)25(33)34-7/h15-24,27H,8-9H2,1-7H3/t15-,16-,17-,18+,19+,20+,21-,22-,23+,24-,26+/m1/s1. The quantitative estimate of drug-likeness (QED) is 0.211. The van der Waals surface area contributed by atoms with Gasteiger partial charge in [-0.25, -0.2) is 4.79 Å². The third-order valence-electron chi connectivity index (χ3n) is 6.57. The number of esters is 6. The van der Waals surface area contributed by atoms with Gasteiger partial charge >= 0.3 is 35.8 Å². The summed E-state index contributed by atoms with van der Waals surface area (Å²) in [5.41, 5.74) is 0. The van der Waals surface area contributed by atoms with Crippen LogP contribution in [-0.4, -0.2) is 128 Å². The van der Waals surface area contributed by atoms with Crippen LogP contribution in [0.2, 0.25) is 0 Å². The normalized spacial score (nSPS) is 36.3. The van der Waals surface area contributed by atoms with Crippen molar-refractivity contribution in [2.24, 2.45) is 0 Å². The average molecular weight is 637 g/mol. The summed E-state index contributed by atoms with van der Waals surface area (Å²) in [5.74, 6) is -7.07. The summed E-state index contributed by atoms with van der Waals surface area (Å²) in [6.07, 6.45) is -14.7. The summed E-state index contributed by atoms with van der Waals surface area (Å²) < 4.78 is 60.7. The molecular formula is C26H36O18. The minimum atomic E-state index is -1.99. The Morgan fingerprint density at radius 1 is 0.682 bits per heavy atom. The number of carbonyl (C=O) groups excluding carboxylic acids is 6. The number of methoxy groups -OCH3 is 1. The lowest BCUT2D eigenvalue weighted by Crippen LogP contribution is -2.66. The van der Waals surface area contributed by atoms with Crippen LogP contribution >= 0.6 is 0 Å². The molecule has 3 fully saturated rings. The average Bonchev–Trinajstić information content (AvgIpc) is 3.27. The van der Waals surface area contributed by atoms with Crippen molar-refractivity contribution in [3.05, 3.63) is 0 Å². The smallest absolute Gasteiger partial charge is 0.366 e. The Bertz CT molecular complexity index is 1110. The Morgan fingerprint density at radius 2 is 1.23 bits per heavy atom. The number of fused-ring (bicyclic) bond motifs is 1. The predicted octanol–water partition coefficient (Wildman–Crippen LogP) is -1.59. The molecule has 0 saturated carbocycles. The molecule has 0 amide bonds. The molecule has 44 heavy (non-hydrogen) atoms. The molecule has 18 nitrogen and oxygen atoms in total. The Morgan fingerprint density at radius 3 is 1.75 bits per heavy atom. The topological polar surface area (TPSA) is 224 Å². The van der Waals surface area contributed by atoms with Crippen LogP contribution in [0.15, 0.2) is 0 Å². The van der Waals surface area contributed by atoms with Crippen LogP contribution in [-0.2, 0) is 80.9 Å². The van der Waals surface area contributed by atoms with E-state index in [0.717, 1.165) is 41.7 Å². The summed E-state index contributed by atoms with van der Waals surface area (Å²) >= 11 is 0. The summed E-state index contributed by atoms with van der Waals surface area (Å²) in [6.45, 7) is 5.30. The van der Waals surface area contributed by atoms with Crippen LogP contribution in [0.1, 0.15) is 41.5 Å². The highest BCUT2D eigenvalue weighted by Gasteiger charge is 2.62. The highest BCUT2D eigenvalue weighted by Crippen LogP contribution is 2.41. The molecule has 0 aromatic heterocycles. The number of hydrogen-bond donors (Lipinski definition) is 1. The van der Waals surface area contributed by atoms with E-state index < -0.39 is 116 Å². The third-order valence-corrected chi connectivity index (χ3v) is 6.57. The van der Waals surface area contributed by atoms with E-state index in [1.807, 2.05) is 0 Å². The first-order valence-electron chi connectivity index (χ1n) is 13.4. The second-order valence-electron chi connectivity index (χ2n) is 10.1. The van der Waals surface area contributed by atoms with Crippen molar-refractivity contribution in [3.8, 4) is 0 Å². The molecule has 0 bridgehead atoms. The van der Waals surface area contributed by atoms with Gasteiger partial charge in [0.2, 0.25) is 0 Å². The maximum absolute atomic E-state index is 12.4. The zero-order valence-electron chi connectivity index (χ0n) is 25.1. The molecule has 0 radical (unpaired) electrons. The van der Waals surface area contributed by atoms with Gasteiger partial charge < -0.3 is 57.2 Å². The maximum Gasteiger partial charge on any atom is 0.366 e. The van der Waals surface area contributed by atoms with E-state index in [0.29, 0.717) is 0 Å². The van der Waals surface area contributed by atoms with Crippen molar-refractivity contribution in [2.75, 3.05) is 20.3 Å². The molecule has 248 valence electrons. The molecular weight excluding hydrogens is 600 g/mol. The number of hydrogen-bond acceptors (Lipinski definition) is 18. The number of aliphatic hydroxyl groups excluding tert-OH is 1. The van der Waals surface area contributed by atoms with E-state index in [-0.39, 0.29) is 0 Å². The Hall–Kier alpha value is -3.42. The summed E-state index contributed by atoms with van der Waals surface area (Å²) in [7, 11) is 1.10. The highest BCUT2D eigenvalue weighted by molar-refractivity contribution is 5.77. The van der Waals surface area contributed by atoms with Crippen molar-refractivity contribution in [3.63, 3.8) is 0 Å². The Labute approximate surface area is 251 Å². The molecule has 18 heteroatoms. The second-order valence-corrected chi connectivity index (χ2v) is 10.1. The Balaban J connectivity index is 2.06. The van der Waals surface area contributed by atoms with Crippen molar-refractivity contribution in [1.82, 2.24) is 0 Å². The molecule has 0 spiro atoms. The van der Waals surface area contributed by atoms with E-state index in [9.17, 15) is 33.9 Å². The van der Waals surface area contributed by atoms with Gasteiger partial charge in [0, 0.05) is 41.5 Å². The van der Waals surface area contributed by atoms with Crippen molar-refractivity contribution >= 4 is 35.8 Å². The fourth-order valence-electron chi connectivity index (χ4n) is 4.98. The van der Waals surface area contributed by atoms with Gasteiger partial charge in [-0.05, 0) is 0 Å². The Kier molecular flexibility index (Phi) is 11.6. The van der Waals surface area contributed by atoms with E-state index in [1.165, 1.54) is 6.92 Å². The zero-order chi connectivity index (χ0) is 32.9. The van der Waals surface area contributed by atoms with Crippen LogP contribution < -0.4 is 0 Å². The van der Waals surface area contributed by atoms with Crippen molar-refractivity contribution in [2.45, 2.75) is 109 Å². The molecule has 3 heterocycles. The van der Waals surface area contributed by atoms with Gasteiger partial charge in [0.1, 0.15) is 24.9 Å². The summed E-state index contributed by atoms with van der Waals surface area (Å²) in [6, 6.07) is 0. The van der Waals surface area contributed by atoms with Crippen molar-refractivity contribution in [1.29, 1.82) is 0 Å². The molecule has 3 saturated heterocycles. The number of ether oxygens (including phenoxy) is 11. The monoisotopic (exact) mass is 636 g/mol. The fraction of sp³-hybridized carbons (Fsp3) is 0.769. The lowest BCUT2D eigenvalue weighted by molar-refractivity contribution is -0.348. The second kappa shape index (κ2) is 14.6. The van der Waals surface area contributed by atoms with Gasteiger partial charge in [0.15, 0.2) is 43.1 Å². The first-order chi connectivity index (χ1) is 20.6. The minimum Gasteiger partial charge on any atom is -0.465 e. The fourth-order valence-corrected chi connectivity index (χ4v) is 4.98. The van der Waals surface area contributed by atoms with Gasteiger partial charge in [-0.3, -0.25) is 24.0 Å². The lowest BCUT2D eigenvalue weighted by atomic mass is 9.96. The molecule has 0 aromatic rings.